The van der Waals surface area contributed by atoms with Crippen LogP contribution in [0.25, 0.3) is 0 Å². The van der Waals surface area contributed by atoms with Crippen molar-refractivity contribution in [2.75, 3.05) is 11.9 Å². The summed E-state index contributed by atoms with van der Waals surface area (Å²) in [5.41, 5.74) is 0.188. The number of fused-ring (bicyclic) bond motifs is 1. The summed E-state index contributed by atoms with van der Waals surface area (Å²) in [6.07, 6.45) is -1.27. The number of benzene rings is 2. The molecule has 42 heavy (non-hydrogen) atoms. The Labute approximate surface area is 248 Å². The van der Waals surface area contributed by atoms with Gasteiger partial charge in [-0.2, -0.15) is 0 Å². The number of aliphatic imine (C=N–C) groups is 1. The fraction of sp³-hybridized carbons (Fsp3) is 0.414. The number of hydrogen-bond donors (Lipinski definition) is 4. The quantitative estimate of drug-likeness (QED) is 0.222. The first-order valence-electron chi connectivity index (χ1n) is 13.2. The third-order valence-corrected chi connectivity index (χ3v) is 6.07. The van der Waals surface area contributed by atoms with Crippen LogP contribution in [0.1, 0.15) is 58.7 Å². The molecule has 226 valence electrons. The number of anilines is 1. The lowest BCUT2D eigenvalue weighted by molar-refractivity contribution is -0.136. The highest BCUT2D eigenvalue weighted by atomic mass is 35.5. The van der Waals surface area contributed by atoms with Crippen LogP contribution < -0.4 is 21.3 Å². The number of hydrogen-bond acceptors (Lipinski definition) is 6. The topological polar surface area (TPSA) is 147 Å². The van der Waals surface area contributed by atoms with Crippen LogP contribution in [0.15, 0.2) is 47.5 Å². The number of rotatable bonds is 4. The van der Waals surface area contributed by atoms with E-state index in [-0.39, 0.29) is 29.1 Å². The lowest BCUT2D eigenvalue weighted by Gasteiger charge is -2.24. The predicted octanol–water partition coefficient (Wildman–Crippen LogP) is 4.85. The van der Waals surface area contributed by atoms with Gasteiger partial charge in [-0.15, -0.1) is 4.99 Å². The molecular weight excluding hydrogens is 569 g/mol. The molecule has 13 heteroatoms. The van der Waals surface area contributed by atoms with E-state index in [2.05, 4.69) is 26.3 Å². The van der Waals surface area contributed by atoms with Crippen LogP contribution in [0, 0.1) is 11.7 Å². The SMILES string of the molecule is CC(C)(C)OC(=O)/N=C(\NC[C@H]1Cc2ccccc2[C@@H]1NC(=O)C(=O)Nc1ccc(Cl)c(F)c1)NC(=O)OC(C)(C)C. The largest absolute Gasteiger partial charge is 0.444 e. The molecule has 0 unspecified atom stereocenters. The molecule has 0 spiro atoms. The zero-order chi connectivity index (χ0) is 31.2. The Balaban J connectivity index is 1.76. The molecule has 0 saturated heterocycles. The molecule has 0 saturated carbocycles. The maximum Gasteiger partial charge on any atom is 0.437 e. The Hall–Kier alpha value is -4.19. The third-order valence-electron chi connectivity index (χ3n) is 5.76. The Bertz CT molecular complexity index is 1390. The van der Waals surface area contributed by atoms with E-state index < -0.39 is 47.1 Å². The van der Waals surface area contributed by atoms with E-state index in [0.29, 0.717) is 6.42 Å². The summed E-state index contributed by atoms with van der Waals surface area (Å²) in [5.74, 6) is -3.20. The molecule has 0 aromatic heterocycles. The van der Waals surface area contributed by atoms with Crippen LogP contribution in [0.5, 0.6) is 0 Å². The number of alkyl carbamates (subject to hydrolysis) is 1. The lowest BCUT2D eigenvalue weighted by atomic mass is 10.0. The molecule has 11 nitrogen and oxygen atoms in total. The fourth-order valence-electron chi connectivity index (χ4n) is 4.15. The zero-order valence-electron chi connectivity index (χ0n) is 24.3. The van der Waals surface area contributed by atoms with Crippen molar-refractivity contribution in [3.63, 3.8) is 0 Å². The van der Waals surface area contributed by atoms with E-state index in [1.165, 1.54) is 12.1 Å². The van der Waals surface area contributed by atoms with Gasteiger partial charge in [0.2, 0.25) is 5.96 Å². The highest BCUT2D eigenvalue weighted by Gasteiger charge is 2.35. The smallest absolute Gasteiger partial charge is 0.437 e. The number of nitrogens with zero attached hydrogens (tertiary/aromatic N) is 1. The summed E-state index contributed by atoms with van der Waals surface area (Å²) in [6, 6.07) is 10.4. The summed E-state index contributed by atoms with van der Waals surface area (Å²) in [6.45, 7) is 10.2. The Morgan fingerprint density at radius 3 is 2.29 bits per heavy atom. The van der Waals surface area contributed by atoms with E-state index in [4.69, 9.17) is 21.1 Å². The Morgan fingerprint density at radius 2 is 1.64 bits per heavy atom. The number of carbonyl (C=O) groups excluding carboxylic acids is 4. The van der Waals surface area contributed by atoms with Crippen molar-refractivity contribution in [2.24, 2.45) is 10.9 Å². The number of nitrogens with one attached hydrogen (secondary N) is 4. The molecule has 1 aliphatic rings. The van der Waals surface area contributed by atoms with Crippen molar-refractivity contribution in [1.29, 1.82) is 0 Å². The summed E-state index contributed by atoms with van der Waals surface area (Å²) >= 11 is 5.68. The summed E-state index contributed by atoms with van der Waals surface area (Å²) in [4.78, 5) is 54.2. The molecular formula is C29H35ClFN5O6. The molecule has 2 atom stereocenters. The first-order chi connectivity index (χ1) is 19.5. The second-order valence-corrected chi connectivity index (χ2v) is 12.1. The minimum absolute atomic E-state index is 0.0679. The van der Waals surface area contributed by atoms with E-state index in [1.807, 2.05) is 24.3 Å². The minimum Gasteiger partial charge on any atom is -0.444 e. The minimum atomic E-state index is -0.994. The average molecular weight is 604 g/mol. The second kappa shape index (κ2) is 13.2. The van der Waals surface area contributed by atoms with Gasteiger partial charge in [-0.3, -0.25) is 14.9 Å². The highest BCUT2D eigenvalue weighted by Crippen LogP contribution is 2.35. The lowest BCUT2D eigenvalue weighted by Crippen LogP contribution is -2.47. The van der Waals surface area contributed by atoms with Crippen LogP contribution in [0.4, 0.5) is 19.7 Å². The zero-order valence-corrected chi connectivity index (χ0v) is 25.0. The molecule has 0 heterocycles. The molecule has 4 amide bonds. The molecule has 4 N–H and O–H groups in total. The maximum absolute atomic E-state index is 13.8. The van der Waals surface area contributed by atoms with Gasteiger partial charge in [0.05, 0.1) is 11.1 Å². The van der Waals surface area contributed by atoms with Crippen molar-refractivity contribution in [2.45, 2.75) is 65.2 Å². The van der Waals surface area contributed by atoms with Crippen LogP contribution in [0.3, 0.4) is 0 Å². The van der Waals surface area contributed by atoms with Gasteiger partial charge in [-0.1, -0.05) is 35.9 Å². The van der Waals surface area contributed by atoms with E-state index in [1.54, 1.807) is 41.5 Å². The molecule has 3 rings (SSSR count). The molecule has 0 bridgehead atoms. The maximum atomic E-state index is 13.8. The van der Waals surface area contributed by atoms with E-state index >= 15 is 0 Å². The number of guanidine groups is 1. The molecule has 0 radical (unpaired) electrons. The van der Waals surface area contributed by atoms with Gasteiger partial charge in [-0.25, -0.2) is 14.0 Å². The van der Waals surface area contributed by atoms with Crippen molar-refractivity contribution in [3.05, 3.63) is 64.4 Å². The standard InChI is InChI=1S/C29H35ClFN5O6/c1-28(2,3)41-26(39)35-25(36-27(40)42-29(4,5)6)32-15-17-13-16-9-7-8-10-19(16)22(17)34-24(38)23(37)33-18-11-12-20(30)21(31)14-18/h7-12,14,17,22H,13,15H2,1-6H3,(H,33,37)(H,34,38)(H2,32,35,36,39,40)/t17-,22-/m1/s1. The van der Waals surface area contributed by atoms with Crippen LogP contribution >= 0.6 is 11.6 Å². The van der Waals surface area contributed by atoms with Crippen molar-refractivity contribution >= 4 is 47.2 Å². The summed E-state index contributed by atoms with van der Waals surface area (Å²) < 4.78 is 24.3. The van der Waals surface area contributed by atoms with Gasteiger partial charge in [0.15, 0.2) is 0 Å². The van der Waals surface area contributed by atoms with Crippen LogP contribution in [-0.4, -0.2) is 47.7 Å². The molecule has 0 aliphatic heterocycles. The van der Waals surface area contributed by atoms with Crippen molar-refractivity contribution in [3.8, 4) is 0 Å². The monoisotopic (exact) mass is 603 g/mol. The average Bonchev–Trinajstić information content (AvgIpc) is 3.19. The second-order valence-electron chi connectivity index (χ2n) is 11.6. The van der Waals surface area contributed by atoms with Gasteiger partial charge in [0.25, 0.3) is 0 Å². The molecule has 1 aliphatic carbocycles. The first-order valence-corrected chi connectivity index (χ1v) is 13.6. The van der Waals surface area contributed by atoms with Gasteiger partial charge < -0.3 is 25.4 Å². The molecule has 0 fully saturated rings. The summed E-state index contributed by atoms with van der Waals surface area (Å²) in [5, 5.41) is 10.4. The molecule has 2 aromatic carbocycles. The van der Waals surface area contributed by atoms with E-state index in [9.17, 15) is 23.6 Å². The number of ether oxygens (including phenoxy) is 2. The van der Waals surface area contributed by atoms with E-state index in [0.717, 1.165) is 17.2 Å². The summed E-state index contributed by atoms with van der Waals surface area (Å²) in [7, 11) is 0. The van der Waals surface area contributed by atoms with Gasteiger partial charge in [0.1, 0.15) is 17.0 Å². The Morgan fingerprint density at radius 1 is 0.976 bits per heavy atom. The van der Waals surface area contributed by atoms with Crippen molar-refractivity contribution in [1.82, 2.24) is 16.0 Å². The fourth-order valence-corrected chi connectivity index (χ4v) is 4.27. The van der Waals surface area contributed by atoms with Gasteiger partial charge in [-0.05, 0) is 77.3 Å². The Kier molecular flexibility index (Phi) is 10.2. The predicted molar refractivity (Wildman–Crippen MR) is 156 cm³/mol. The number of carbonyl (C=O) groups is 4. The third kappa shape index (κ3) is 9.72. The van der Waals surface area contributed by atoms with Gasteiger partial charge >= 0.3 is 24.0 Å². The first kappa shape index (κ1) is 32.3. The number of amides is 4. The number of halogens is 2. The van der Waals surface area contributed by atoms with Gasteiger partial charge in [0, 0.05) is 18.2 Å². The normalized spacial score (nSPS) is 16.6. The van der Waals surface area contributed by atoms with Crippen LogP contribution in [0.2, 0.25) is 5.02 Å². The van der Waals surface area contributed by atoms with Crippen LogP contribution in [-0.2, 0) is 25.5 Å². The molecule has 2 aromatic rings. The highest BCUT2D eigenvalue weighted by molar-refractivity contribution is 6.39. The van der Waals surface area contributed by atoms with Crippen molar-refractivity contribution < 1.29 is 33.0 Å².